The van der Waals surface area contributed by atoms with Crippen LogP contribution in [0.5, 0.6) is 5.75 Å². The Labute approximate surface area is 165 Å². The number of hydrogen-bond acceptors (Lipinski definition) is 5. The number of halogens is 2. The van der Waals surface area contributed by atoms with Crippen molar-refractivity contribution in [3.8, 4) is 5.75 Å². The highest BCUT2D eigenvalue weighted by Gasteiger charge is 2.69. The summed E-state index contributed by atoms with van der Waals surface area (Å²) < 4.78 is 18.7. The highest BCUT2D eigenvalue weighted by Crippen LogP contribution is 2.60. The van der Waals surface area contributed by atoms with Crippen molar-refractivity contribution in [3.63, 3.8) is 0 Å². The molecule has 3 saturated carbocycles. The molecule has 3 aliphatic carbocycles. The zero-order valence-corrected chi connectivity index (χ0v) is 15.8. The average Bonchev–Trinajstić information content (AvgIpc) is 2.60. The Morgan fingerprint density at radius 2 is 1.86 bits per heavy atom. The van der Waals surface area contributed by atoms with Crippen LogP contribution in [-0.2, 0) is 4.79 Å². The number of carbonyl (C=O) groups excluding carboxylic acids is 2. The maximum atomic E-state index is 13.4. The number of benzene rings is 1. The zero-order chi connectivity index (χ0) is 19.9. The molecular formula is C19H18ClFN4O3. The van der Waals surface area contributed by atoms with Gasteiger partial charge in [0.25, 0.3) is 11.8 Å². The van der Waals surface area contributed by atoms with Crippen LogP contribution in [0.3, 0.4) is 0 Å². The van der Waals surface area contributed by atoms with Crippen LogP contribution in [0, 0.1) is 12.7 Å². The maximum Gasteiger partial charge on any atom is 0.272 e. The van der Waals surface area contributed by atoms with Gasteiger partial charge in [-0.2, -0.15) is 5.10 Å². The van der Waals surface area contributed by atoms with Crippen molar-refractivity contribution in [2.24, 2.45) is 0 Å². The first kappa shape index (κ1) is 18.6. The van der Waals surface area contributed by atoms with Crippen LogP contribution in [0.4, 0.5) is 4.39 Å². The van der Waals surface area contributed by atoms with Gasteiger partial charge in [0.15, 0.2) is 12.3 Å². The van der Waals surface area contributed by atoms with E-state index in [9.17, 15) is 14.0 Å². The quantitative estimate of drug-likeness (QED) is 0.769. The monoisotopic (exact) mass is 404 g/mol. The summed E-state index contributed by atoms with van der Waals surface area (Å²) in [4.78, 5) is 24.4. The molecule has 1 heterocycles. The lowest BCUT2D eigenvalue weighted by molar-refractivity contribution is -0.141. The Kier molecular flexibility index (Phi) is 4.45. The van der Waals surface area contributed by atoms with Crippen LogP contribution < -0.4 is 15.4 Å². The maximum absolute atomic E-state index is 13.4. The van der Waals surface area contributed by atoms with Gasteiger partial charge in [0.2, 0.25) is 0 Å². The van der Waals surface area contributed by atoms with E-state index in [0.29, 0.717) is 19.3 Å². The molecule has 5 rings (SSSR count). The van der Waals surface area contributed by atoms with Crippen molar-refractivity contribution in [1.29, 1.82) is 0 Å². The lowest BCUT2D eigenvalue weighted by Gasteiger charge is -2.70. The summed E-state index contributed by atoms with van der Waals surface area (Å²) in [5.41, 5.74) is 0.416. The van der Waals surface area contributed by atoms with E-state index >= 15 is 0 Å². The summed E-state index contributed by atoms with van der Waals surface area (Å²) in [5, 5.41) is 13.7. The van der Waals surface area contributed by atoms with Gasteiger partial charge in [-0.1, -0.05) is 11.6 Å². The Morgan fingerprint density at radius 1 is 1.14 bits per heavy atom. The first-order valence-corrected chi connectivity index (χ1v) is 9.18. The molecule has 2 aromatic rings. The van der Waals surface area contributed by atoms with Gasteiger partial charge < -0.3 is 15.4 Å². The molecule has 146 valence electrons. The lowest BCUT2D eigenvalue weighted by atomic mass is 9.44. The summed E-state index contributed by atoms with van der Waals surface area (Å²) in [6.07, 6.45) is 1.98. The number of carbonyl (C=O) groups is 2. The van der Waals surface area contributed by atoms with Crippen molar-refractivity contribution in [3.05, 3.63) is 52.6 Å². The third kappa shape index (κ3) is 3.52. The smallest absolute Gasteiger partial charge is 0.272 e. The minimum Gasteiger partial charge on any atom is -0.484 e. The van der Waals surface area contributed by atoms with E-state index in [1.165, 1.54) is 12.1 Å². The zero-order valence-electron chi connectivity index (χ0n) is 15.1. The van der Waals surface area contributed by atoms with Gasteiger partial charge in [-0.25, -0.2) is 4.39 Å². The number of nitrogens with one attached hydrogen (secondary N) is 2. The molecule has 9 heteroatoms. The molecule has 7 nitrogen and oxygen atoms in total. The fourth-order valence-corrected chi connectivity index (χ4v) is 4.04. The molecule has 0 spiro atoms. The van der Waals surface area contributed by atoms with Crippen LogP contribution in [-0.4, -0.2) is 39.7 Å². The van der Waals surface area contributed by atoms with Gasteiger partial charge in [-0.3, -0.25) is 9.59 Å². The number of rotatable bonds is 6. The largest absolute Gasteiger partial charge is 0.484 e. The summed E-state index contributed by atoms with van der Waals surface area (Å²) in [7, 11) is 0. The summed E-state index contributed by atoms with van der Waals surface area (Å²) >= 11 is 5.61. The lowest BCUT2D eigenvalue weighted by Crippen LogP contribution is -2.84. The van der Waals surface area contributed by atoms with Gasteiger partial charge in [-0.05, 0) is 50.5 Å². The number of nitrogens with zero attached hydrogens (tertiary/aromatic N) is 2. The summed E-state index contributed by atoms with van der Waals surface area (Å²) in [6, 6.07) is 7.37. The predicted molar refractivity (Wildman–Crippen MR) is 98.6 cm³/mol. The second-order valence-corrected chi connectivity index (χ2v) is 7.93. The SMILES string of the molecule is Cc1ccc(C(=O)NC23CC(NC(=O)COc4ccc(Cl)c(F)c4)(C2)C3)nn1. The van der Waals surface area contributed by atoms with Crippen molar-refractivity contribution >= 4 is 23.4 Å². The van der Waals surface area contributed by atoms with Gasteiger partial charge in [0.05, 0.1) is 10.7 Å². The van der Waals surface area contributed by atoms with Crippen LogP contribution in [0.25, 0.3) is 0 Å². The van der Waals surface area contributed by atoms with E-state index < -0.39 is 5.82 Å². The van der Waals surface area contributed by atoms with Crippen LogP contribution in [0.2, 0.25) is 5.02 Å². The molecule has 3 fully saturated rings. The Balaban J connectivity index is 1.24. The minimum atomic E-state index is -0.602. The molecule has 1 aromatic carbocycles. The number of ether oxygens (including phenoxy) is 1. The van der Waals surface area contributed by atoms with Crippen molar-refractivity contribution in [2.45, 2.75) is 37.3 Å². The van der Waals surface area contributed by atoms with Crippen molar-refractivity contribution in [2.75, 3.05) is 6.61 Å². The Morgan fingerprint density at radius 3 is 2.50 bits per heavy atom. The molecule has 3 aliphatic rings. The number of hydrogen-bond donors (Lipinski definition) is 2. The second-order valence-electron chi connectivity index (χ2n) is 7.52. The first-order chi connectivity index (χ1) is 13.3. The van der Waals surface area contributed by atoms with Gasteiger partial charge in [-0.15, -0.1) is 5.10 Å². The average molecular weight is 405 g/mol. The highest BCUT2D eigenvalue weighted by atomic mass is 35.5. The molecule has 2 N–H and O–H groups in total. The van der Waals surface area contributed by atoms with Crippen molar-refractivity contribution < 1.29 is 18.7 Å². The minimum absolute atomic E-state index is 0.00497. The van der Waals surface area contributed by atoms with E-state index in [1.54, 1.807) is 19.1 Å². The van der Waals surface area contributed by atoms with E-state index in [2.05, 4.69) is 20.8 Å². The molecule has 0 saturated heterocycles. The predicted octanol–water partition coefficient (Wildman–Crippen LogP) is 2.18. The molecular weight excluding hydrogens is 387 g/mol. The van der Waals surface area contributed by atoms with Gasteiger partial charge >= 0.3 is 0 Å². The second kappa shape index (κ2) is 6.70. The van der Waals surface area contributed by atoms with Crippen LogP contribution in [0.1, 0.15) is 35.4 Å². The fourth-order valence-electron chi connectivity index (χ4n) is 3.93. The van der Waals surface area contributed by atoms with Crippen molar-refractivity contribution in [1.82, 2.24) is 20.8 Å². The molecule has 1 aromatic heterocycles. The first-order valence-electron chi connectivity index (χ1n) is 8.80. The normalized spacial score (nSPS) is 24.5. The molecule has 0 radical (unpaired) electrons. The molecule has 28 heavy (non-hydrogen) atoms. The Hall–Kier alpha value is -2.74. The summed E-state index contributed by atoms with van der Waals surface area (Å²) in [5.74, 6) is -0.924. The molecule has 2 amide bonds. The van der Waals surface area contributed by atoms with Gasteiger partial charge in [0, 0.05) is 17.1 Å². The van der Waals surface area contributed by atoms with Gasteiger partial charge in [0.1, 0.15) is 11.6 Å². The third-order valence-corrected chi connectivity index (χ3v) is 5.41. The number of aryl methyl sites for hydroxylation is 1. The highest BCUT2D eigenvalue weighted by molar-refractivity contribution is 6.30. The number of amides is 2. The van der Waals surface area contributed by atoms with E-state index in [4.69, 9.17) is 16.3 Å². The topological polar surface area (TPSA) is 93.2 Å². The van der Waals surface area contributed by atoms with E-state index in [0.717, 1.165) is 11.8 Å². The summed E-state index contributed by atoms with van der Waals surface area (Å²) in [6.45, 7) is 1.58. The molecule has 0 atom stereocenters. The van der Waals surface area contributed by atoms with E-state index in [1.807, 2.05) is 0 Å². The standard InChI is InChI=1S/C19H18ClFN4O3/c1-11-2-5-15(25-24-11)17(27)23-19-8-18(9-19,10-19)22-16(26)7-28-12-3-4-13(20)14(21)6-12/h2-6H,7-10H2,1H3,(H,22,26)(H,23,27). The van der Waals surface area contributed by atoms with E-state index in [-0.39, 0.29) is 46.0 Å². The van der Waals surface area contributed by atoms with Crippen LogP contribution in [0.15, 0.2) is 30.3 Å². The number of aromatic nitrogens is 2. The third-order valence-electron chi connectivity index (χ3n) is 5.11. The molecule has 2 bridgehead atoms. The van der Waals surface area contributed by atoms with Crippen LogP contribution >= 0.6 is 11.6 Å². The molecule has 0 aliphatic heterocycles. The molecule has 0 unspecified atom stereocenters. The Bertz CT molecular complexity index is 931. The fraction of sp³-hybridized carbons (Fsp3) is 0.368.